The largest absolute Gasteiger partial charge is 0.341 e. The molecule has 3 aliphatic rings. The maximum atomic E-state index is 12.5. The van der Waals surface area contributed by atoms with Crippen LogP contribution in [-0.2, 0) is 4.79 Å². The number of fused-ring (bicyclic) bond motifs is 2. The topological polar surface area (TPSA) is 32.3 Å². The van der Waals surface area contributed by atoms with Crippen LogP contribution in [0.3, 0.4) is 0 Å². The van der Waals surface area contributed by atoms with Gasteiger partial charge in [-0.2, -0.15) is 0 Å². The normalized spacial score (nSPS) is 39.6. The fourth-order valence-electron chi connectivity index (χ4n) is 3.67. The van der Waals surface area contributed by atoms with Crippen LogP contribution >= 0.6 is 0 Å². The molecule has 2 bridgehead atoms. The molecule has 0 radical (unpaired) electrons. The molecule has 4 unspecified atom stereocenters. The van der Waals surface area contributed by atoms with Crippen molar-refractivity contribution >= 4 is 5.91 Å². The van der Waals surface area contributed by atoms with E-state index in [1.54, 1.807) is 0 Å². The lowest BCUT2D eigenvalue weighted by Crippen LogP contribution is -2.49. The van der Waals surface area contributed by atoms with Crippen molar-refractivity contribution in [3.05, 3.63) is 12.2 Å². The minimum absolute atomic E-state index is 0.275. The van der Waals surface area contributed by atoms with Crippen molar-refractivity contribution in [3.8, 4) is 0 Å². The van der Waals surface area contributed by atoms with E-state index in [1.807, 2.05) is 11.9 Å². The number of hydrogen-bond donors (Lipinski definition) is 1. The summed E-state index contributed by atoms with van der Waals surface area (Å²) < 4.78 is 0. The van der Waals surface area contributed by atoms with Gasteiger partial charge in [0.25, 0.3) is 0 Å². The summed E-state index contributed by atoms with van der Waals surface area (Å²) in [6, 6.07) is 0.416. The van der Waals surface area contributed by atoms with E-state index in [1.165, 1.54) is 12.8 Å². The molecule has 94 valence electrons. The van der Waals surface area contributed by atoms with Crippen molar-refractivity contribution in [2.24, 2.45) is 17.8 Å². The lowest BCUT2D eigenvalue weighted by Gasteiger charge is -2.34. The van der Waals surface area contributed by atoms with E-state index in [4.69, 9.17) is 0 Å². The molecule has 1 saturated carbocycles. The number of amides is 1. The zero-order chi connectivity index (χ0) is 11.8. The van der Waals surface area contributed by atoms with Crippen LogP contribution in [0, 0.1) is 17.8 Å². The van der Waals surface area contributed by atoms with Crippen LogP contribution in [0.5, 0.6) is 0 Å². The number of hydrogen-bond acceptors (Lipinski definition) is 2. The minimum Gasteiger partial charge on any atom is -0.341 e. The molecule has 1 amide bonds. The van der Waals surface area contributed by atoms with Gasteiger partial charge in [-0.25, -0.2) is 0 Å². The van der Waals surface area contributed by atoms with Crippen molar-refractivity contribution in [2.45, 2.75) is 31.7 Å². The van der Waals surface area contributed by atoms with Gasteiger partial charge in [-0.1, -0.05) is 12.2 Å². The fourth-order valence-corrected chi connectivity index (χ4v) is 3.67. The van der Waals surface area contributed by atoms with E-state index >= 15 is 0 Å². The smallest absolute Gasteiger partial charge is 0.226 e. The van der Waals surface area contributed by atoms with Crippen LogP contribution in [0.25, 0.3) is 0 Å². The quantitative estimate of drug-likeness (QED) is 0.733. The molecule has 3 heteroatoms. The summed E-state index contributed by atoms with van der Waals surface area (Å²) in [4.78, 5) is 14.5. The van der Waals surface area contributed by atoms with Gasteiger partial charge in [-0.3, -0.25) is 4.79 Å². The monoisotopic (exact) mass is 234 g/mol. The molecule has 0 aromatic carbocycles. The second-order valence-corrected chi connectivity index (χ2v) is 5.84. The Bertz CT molecular complexity index is 333. The van der Waals surface area contributed by atoms with E-state index in [-0.39, 0.29) is 5.92 Å². The van der Waals surface area contributed by atoms with Crippen molar-refractivity contribution < 1.29 is 4.79 Å². The van der Waals surface area contributed by atoms with Crippen molar-refractivity contribution in [1.29, 1.82) is 0 Å². The zero-order valence-electron chi connectivity index (χ0n) is 10.6. The van der Waals surface area contributed by atoms with Crippen LogP contribution in [0.15, 0.2) is 12.2 Å². The van der Waals surface area contributed by atoms with Crippen LogP contribution in [0.1, 0.15) is 25.7 Å². The first-order valence-electron chi connectivity index (χ1n) is 6.91. The molecule has 1 saturated heterocycles. The van der Waals surface area contributed by atoms with Gasteiger partial charge < -0.3 is 10.2 Å². The van der Waals surface area contributed by atoms with Gasteiger partial charge in [0.2, 0.25) is 5.91 Å². The Labute approximate surface area is 103 Å². The Hall–Kier alpha value is -0.830. The number of carbonyl (C=O) groups excluding carboxylic acids is 1. The molecule has 3 rings (SSSR count). The van der Waals surface area contributed by atoms with Gasteiger partial charge >= 0.3 is 0 Å². The Morgan fingerprint density at radius 1 is 1.35 bits per heavy atom. The Morgan fingerprint density at radius 2 is 2.24 bits per heavy atom. The number of allylic oxidation sites excluding steroid dienone is 2. The van der Waals surface area contributed by atoms with E-state index in [2.05, 4.69) is 17.5 Å². The molecule has 4 atom stereocenters. The standard InChI is InChI=1S/C14H22N2O/c1-16(12-3-2-6-15-9-12)14(17)13-8-10-4-5-11(13)7-10/h4-5,10-13,15H,2-3,6-9H2,1H3. The maximum Gasteiger partial charge on any atom is 0.226 e. The third kappa shape index (κ3) is 2.01. The van der Waals surface area contributed by atoms with Crippen molar-refractivity contribution in [3.63, 3.8) is 0 Å². The number of rotatable bonds is 2. The molecule has 0 aromatic rings. The summed E-state index contributed by atoms with van der Waals surface area (Å²) in [6.45, 7) is 2.08. The Balaban J connectivity index is 1.63. The Kier molecular flexibility index (Phi) is 2.95. The number of carbonyl (C=O) groups is 1. The summed E-state index contributed by atoms with van der Waals surface area (Å²) >= 11 is 0. The lowest BCUT2D eigenvalue weighted by atomic mass is 9.91. The molecular weight excluding hydrogens is 212 g/mol. The minimum atomic E-state index is 0.275. The molecule has 0 aromatic heterocycles. The van der Waals surface area contributed by atoms with Crippen LogP contribution in [0.4, 0.5) is 0 Å². The molecule has 1 N–H and O–H groups in total. The molecule has 3 nitrogen and oxygen atoms in total. The summed E-state index contributed by atoms with van der Waals surface area (Å²) in [7, 11) is 2.00. The highest BCUT2D eigenvalue weighted by molar-refractivity contribution is 5.80. The van der Waals surface area contributed by atoms with E-state index in [0.29, 0.717) is 23.8 Å². The number of piperidine rings is 1. The second-order valence-electron chi connectivity index (χ2n) is 5.84. The molecule has 0 spiro atoms. The van der Waals surface area contributed by atoms with Gasteiger partial charge in [0.1, 0.15) is 0 Å². The van der Waals surface area contributed by atoms with Gasteiger partial charge in [-0.05, 0) is 44.1 Å². The highest BCUT2D eigenvalue weighted by atomic mass is 16.2. The average Bonchev–Trinajstić information content (AvgIpc) is 3.00. The SMILES string of the molecule is CN(C(=O)C1CC2C=CC1C2)C1CCCNC1. The van der Waals surface area contributed by atoms with Crippen LogP contribution in [-0.4, -0.2) is 37.0 Å². The highest BCUT2D eigenvalue weighted by Crippen LogP contribution is 2.44. The molecule has 17 heavy (non-hydrogen) atoms. The molecule has 1 aliphatic heterocycles. The zero-order valence-corrected chi connectivity index (χ0v) is 10.6. The maximum absolute atomic E-state index is 12.5. The van der Waals surface area contributed by atoms with Crippen molar-refractivity contribution in [2.75, 3.05) is 20.1 Å². The van der Waals surface area contributed by atoms with Gasteiger partial charge in [0.05, 0.1) is 0 Å². The van der Waals surface area contributed by atoms with Crippen molar-refractivity contribution in [1.82, 2.24) is 10.2 Å². The number of nitrogens with zero attached hydrogens (tertiary/aromatic N) is 1. The van der Waals surface area contributed by atoms with Gasteiger partial charge in [0, 0.05) is 25.6 Å². The predicted octanol–water partition coefficient (Wildman–Crippen LogP) is 1.41. The first-order chi connectivity index (χ1) is 8.25. The molecule has 1 heterocycles. The summed E-state index contributed by atoms with van der Waals surface area (Å²) in [6.07, 6.45) is 9.22. The first kappa shape index (κ1) is 11.3. The third-order valence-corrected chi connectivity index (χ3v) is 4.76. The Morgan fingerprint density at radius 3 is 2.82 bits per heavy atom. The molecule has 2 fully saturated rings. The number of nitrogens with one attached hydrogen (secondary N) is 1. The summed E-state index contributed by atoms with van der Waals surface area (Å²) in [5, 5.41) is 3.39. The molecular formula is C14H22N2O. The lowest BCUT2D eigenvalue weighted by molar-refractivity contribution is -0.137. The highest BCUT2D eigenvalue weighted by Gasteiger charge is 2.41. The summed E-state index contributed by atoms with van der Waals surface area (Å²) in [5.74, 6) is 1.88. The van der Waals surface area contributed by atoms with E-state index < -0.39 is 0 Å². The van der Waals surface area contributed by atoms with E-state index in [0.717, 1.165) is 25.9 Å². The van der Waals surface area contributed by atoms with E-state index in [9.17, 15) is 4.79 Å². The van der Waals surface area contributed by atoms with Gasteiger partial charge in [0.15, 0.2) is 0 Å². The predicted molar refractivity (Wildman–Crippen MR) is 67.5 cm³/mol. The average molecular weight is 234 g/mol. The third-order valence-electron chi connectivity index (χ3n) is 4.76. The van der Waals surface area contributed by atoms with Gasteiger partial charge in [-0.15, -0.1) is 0 Å². The molecule has 2 aliphatic carbocycles. The summed E-state index contributed by atoms with van der Waals surface area (Å²) in [5.41, 5.74) is 0. The van der Waals surface area contributed by atoms with Crippen LogP contribution in [0.2, 0.25) is 0 Å². The number of likely N-dealkylation sites (N-methyl/N-ethyl adjacent to an activating group) is 1. The van der Waals surface area contributed by atoms with Crippen LogP contribution < -0.4 is 5.32 Å². The first-order valence-corrected chi connectivity index (χ1v) is 6.91. The second kappa shape index (κ2) is 4.45. The fraction of sp³-hybridized carbons (Fsp3) is 0.786.